The molecule has 0 fully saturated rings. The number of aromatic hydroxyl groups is 1. The van der Waals surface area contributed by atoms with Crippen molar-refractivity contribution in [3.8, 4) is 5.75 Å². The summed E-state index contributed by atoms with van der Waals surface area (Å²) >= 11 is 0. The number of benzene rings is 1. The Hall–Kier alpha value is -2.04. The maximum Gasteiger partial charge on any atom is 0.305 e. The average molecular weight is 307 g/mol. The topological polar surface area (TPSA) is 86.6 Å². The molecule has 0 saturated carbocycles. The lowest BCUT2D eigenvalue weighted by atomic mass is 9.91. The van der Waals surface area contributed by atoms with E-state index in [-0.39, 0.29) is 29.6 Å². The minimum atomic E-state index is -0.976. The van der Waals surface area contributed by atoms with E-state index in [0.717, 1.165) is 11.1 Å². The molecule has 5 nitrogen and oxygen atoms in total. The molecule has 122 valence electrons. The molecule has 22 heavy (non-hydrogen) atoms. The molecule has 0 aliphatic rings. The summed E-state index contributed by atoms with van der Waals surface area (Å²) in [6.07, 6.45) is -0.159. The number of carboxylic acid groups (broad SMARTS) is 1. The number of amides is 1. The first-order valence-corrected chi connectivity index (χ1v) is 7.52. The molecule has 0 aliphatic heterocycles. The minimum Gasteiger partial charge on any atom is -0.507 e. The fourth-order valence-electron chi connectivity index (χ4n) is 2.24. The Balaban J connectivity index is 3.16. The van der Waals surface area contributed by atoms with Gasteiger partial charge in [-0.05, 0) is 36.0 Å². The van der Waals surface area contributed by atoms with E-state index < -0.39 is 17.9 Å². The van der Waals surface area contributed by atoms with Gasteiger partial charge in [0, 0.05) is 6.04 Å². The third-order valence-electron chi connectivity index (χ3n) is 3.55. The zero-order valence-electron chi connectivity index (χ0n) is 13.8. The quantitative estimate of drug-likeness (QED) is 0.753. The van der Waals surface area contributed by atoms with Crippen LogP contribution >= 0.6 is 0 Å². The molecule has 1 amide bonds. The van der Waals surface area contributed by atoms with Gasteiger partial charge in [0.1, 0.15) is 5.75 Å². The molecule has 0 aromatic heterocycles. The molecule has 0 aliphatic carbocycles. The fraction of sp³-hybridized carbons (Fsp3) is 0.529. The molecule has 0 radical (unpaired) electrons. The summed E-state index contributed by atoms with van der Waals surface area (Å²) in [5.41, 5.74) is 1.90. The highest BCUT2D eigenvalue weighted by Crippen LogP contribution is 2.33. The Morgan fingerprint density at radius 3 is 2.14 bits per heavy atom. The molecule has 0 bridgehead atoms. The van der Waals surface area contributed by atoms with Crippen LogP contribution in [0.2, 0.25) is 0 Å². The summed E-state index contributed by atoms with van der Waals surface area (Å²) in [6.45, 7) is 9.57. The smallest absolute Gasteiger partial charge is 0.305 e. The molecule has 0 spiro atoms. The lowest BCUT2D eigenvalue weighted by Crippen LogP contribution is -2.34. The Labute approximate surface area is 131 Å². The van der Waals surface area contributed by atoms with Crippen LogP contribution in [0.15, 0.2) is 12.1 Å². The standard InChI is InChI=1S/C17H25NO4/c1-9(2)12-7-13(10(3)4)16(21)14(8-12)17(22)18-11(5)6-15(19)20/h7-11,21H,6H2,1-5H3,(H,18,22)(H,19,20). The van der Waals surface area contributed by atoms with Gasteiger partial charge in [-0.3, -0.25) is 9.59 Å². The third-order valence-corrected chi connectivity index (χ3v) is 3.55. The third kappa shape index (κ3) is 4.48. The maximum absolute atomic E-state index is 12.3. The van der Waals surface area contributed by atoms with Crippen LogP contribution in [0.3, 0.4) is 0 Å². The van der Waals surface area contributed by atoms with E-state index >= 15 is 0 Å². The summed E-state index contributed by atoms with van der Waals surface area (Å²) in [4.78, 5) is 23.0. The lowest BCUT2D eigenvalue weighted by Gasteiger charge is -2.18. The summed E-state index contributed by atoms with van der Waals surface area (Å²) in [5.74, 6) is -1.14. The highest BCUT2D eigenvalue weighted by atomic mass is 16.4. The molecule has 0 saturated heterocycles. The van der Waals surface area contributed by atoms with Crippen LogP contribution in [0.1, 0.15) is 74.4 Å². The second-order valence-corrected chi connectivity index (χ2v) is 6.29. The largest absolute Gasteiger partial charge is 0.507 e. The summed E-state index contributed by atoms with van der Waals surface area (Å²) in [5, 5.41) is 21.7. The van der Waals surface area contributed by atoms with Gasteiger partial charge in [-0.2, -0.15) is 0 Å². The van der Waals surface area contributed by atoms with Crippen molar-refractivity contribution in [2.75, 3.05) is 0 Å². The number of carbonyl (C=O) groups excluding carboxylic acids is 1. The van der Waals surface area contributed by atoms with Crippen LogP contribution in [-0.4, -0.2) is 28.1 Å². The van der Waals surface area contributed by atoms with Crippen LogP contribution in [0, 0.1) is 0 Å². The molecular weight excluding hydrogens is 282 g/mol. The number of phenols is 1. The van der Waals surface area contributed by atoms with E-state index in [0.29, 0.717) is 0 Å². The second-order valence-electron chi connectivity index (χ2n) is 6.29. The molecular formula is C17H25NO4. The van der Waals surface area contributed by atoms with Crippen LogP contribution in [0.4, 0.5) is 0 Å². The van der Waals surface area contributed by atoms with E-state index in [9.17, 15) is 14.7 Å². The average Bonchev–Trinajstić information content (AvgIpc) is 2.36. The van der Waals surface area contributed by atoms with Gasteiger partial charge in [0.05, 0.1) is 12.0 Å². The molecule has 1 atom stereocenters. The van der Waals surface area contributed by atoms with Gasteiger partial charge in [0.2, 0.25) is 0 Å². The van der Waals surface area contributed by atoms with Gasteiger partial charge in [-0.1, -0.05) is 33.8 Å². The minimum absolute atomic E-state index is 0.0283. The Kier molecular flexibility index (Phi) is 5.97. The van der Waals surface area contributed by atoms with Gasteiger partial charge < -0.3 is 15.5 Å². The van der Waals surface area contributed by atoms with E-state index in [4.69, 9.17) is 5.11 Å². The highest BCUT2D eigenvalue weighted by Gasteiger charge is 2.20. The van der Waals surface area contributed by atoms with Crippen molar-refractivity contribution in [3.63, 3.8) is 0 Å². The van der Waals surface area contributed by atoms with E-state index in [2.05, 4.69) is 5.32 Å². The van der Waals surface area contributed by atoms with Crippen molar-refractivity contribution < 1.29 is 19.8 Å². The van der Waals surface area contributed by atoms with Gasteiger partial charge in [0.15, 0.2) is 0 Å². The van der Waals surface area contributed by atoms with E-state index in [1.165, 1.54) is 0 Å². The monoisotopic (exact) mass is 307 g/mol. The number of carboxylic acids is 1. The first kappa shape index (κ1) is 18.0. The molecule has 1 aromatic carbocycles. The number of nitrogens with one attached hydrogen (secondary N) is 1. The summed E-state index contributed by atoms with van der Waals surface area (Å²) in [7, 11) is 0. The predicted octanol–water partition coefficient (Wildman–Crippen LogP) is 3.23. The van der Waals surface area contributed by atoms with Gasteiger partial charge >= 0.3 is 5.97 Å². The molecule has 0 heterocycles. The zero-order chi connectivity index (χ0) is 17.0. The van der Waals surface area contributed by atoms with Crippen LogP contribution < -0.4 is 5.32 Å². The summed E-state index contributed by atoms with van der Waals surface area (Å²) < 4.78 is 0. The number of rotatable bonds is 6. The zero-order valence-corrected chi connectivity index (χ0v) is 13.8. The second kappa shape index (κ2) is 7.29. The van der Waals surface area contributed by atoms with Crippen molar-refractivity contribution in [1.82, 2.24) is 5.32 Å². The predicted molar refractivity (Wildman–Crippen MR) is 85.5 cm³/mol. The number of hydrogen-bond acceptors (Lipinski definition) is 3. The number of carbonyl (C=O) groups is 2. The normalized spacial score (nSPS) is 12.5. The van der Waals surface area contributed by atoms with Crippen LogP contribution in [0.5, 0.6) is 5.75 Å². The Morgan fingerprint density at radius 2 is 1.68 bits per heavy atom. The molecule has 1 aromatic rings. The van der Waals surface area contributed by atoms with Gasteiger partial charge in [0.25, 0.3) is 5.91 Å². The lowest BCUT2D eigenvalue weighted by molar-refractivity contribution is -0.137. The van der Waals surface area contributed by atoms with Gasteiger partial charge in [-0.15, -0.1) is 0 Å². The maximum atomic E-state index is 12.3. The van der Waals surface area contributed by atoms with Crippen molar-refractivity contribution in [3.05, 3.63) is 28.8 Å². The van der Waals surface area contributed by atoms with E-state index in [1.54, 1.807) is 13.0 Å². The summed E-state index contributed by atoms with van der Waals surface area (Å²) in [6, 6.07) is 3.09. The van der Waals surface area contributed by atoms with Crippen molar-refractivity contribution in [2.45, 2.75) is 58.9 Å². The first-order valence-electron chi connectivity index (χ1n) is 7.52. The van der Waals surface area contributed by atoms with Crippen LogP contribution in [0.25, 0.3) is 0 Å². The SMILES string of the molecule is CC(CC(=O)O)NC(=O)c1cc(C(C)C)cc(C(C)C)c1O. The highest BCUT2D eigenvalue weighted by molar-refractivity contribution is 5.98. The Bertz CT molecular complexity index is 564. The Morgan fingerprint density at radius 1 is 1.09 bits per heavy atom. The molecule has 1 rings (SSSR count). The number of aliphatic carboxylic acids is 1. The van der Waals surface area contributed by atoms with Crippen LogP contribution in [-0.2, 0) is 4.79 Å². The van der Waals surface area contributed by atoms with Crippen molar-refractivity contribution in [1.29, 1.82) is 0 Å². The first-order chi connectivity index (χ1) is 10.1. The molecule has 5 heteroatoms. The molecule has 1 unspecified atom stereocenters. The molecule has 3 N–H and O–H groups in total. The van der Waals surface area contributed by atoms with Gasteiger partial charge in [-0.25, -0.2) is 0 Å². The number of hydrogen-bond donors (Lipinski definition) is 3. The van der Waals surface area contributed by atoms with Crippen molar-refractivity contribution >= 4 is 11.9 Å². The van der Waals surface area contributed by atoms with E-state index in [1.807, 2.05) is 33.8 Å². The van der Waals surface area contributed by atoms with Crippen molar-refractivity contribution in [2.24, 2.45) is 0 Å². The number of phenolic OH excluding ortho intramolecular Hbond substituents is 1. The fourth-order valence-corrected chi connectivity index (χ4v) is 2.24.